The minimum atomic E-state index is -3.57. The van der Waals surface area contributed by atoms with Crippen LogP contribution in [0.3, 0.4) is 0 Å². The third-order valence-electron chi connectivity index (χ3n) is 5.38. The van der Waals surface area contributed by atoms with Crippen molar-refractivity contribution in [2.45, 2.75) is 30.7 Å². The molecule has 3 atom stereocenters. The standard InChI is InChI=1S/C19H27N3O3S/c1-14(20)17-7-10-22(13-16(17)8-11-25-2)26(23,24)19-5-3-4-15-12-21-9-6-18(15)19/h3-6,9,12,14,16-17H,7-8,10-11,13,20H2,1-2H3. The minimum absolute atomic E-state index is 0.0466. The molecule has 2 N–H and O–H groups in total. The average Bonchev–Trinajstić information content (AvgIpc) is 2.65. The smallest absolute Gasteiger partial charge is 0.243 e. The molecule has 1 saturated heterocycles. The normalized spacial score (nSPS) is 23.2. The molecule has 1 aromatic heterocycles. The first-order valence-corrected chi connectivity index (χ1v) is 10.5. The first-order chi connectivity index (χ1) is 12.4. The fourth-order valence-corrected chi connectivity index (χ4v) is 5.68. The monoisotopic (exact) mass is 377 g/mol. The highest BCUT2D eigenvalue weighted by molar-refractivity contribution is 7.89. The van der Waals surface area contributed by atoms with Crippen molar-refractivity contribution in [3.05, 3.63) is 36.7 Å². The number of sulfonamides is 1. The second kappa shape index (κ2) is 8.00. The number of rotatable bonds is 6. The van der Waals surface area contributed by atoms with Crippen molar-refractivity contribution < 1.29 is 13.2 Å². The Labute approximate surface area is 155 Å². The molecule has 2 heterocycles. The van der Waals surface area contributed by atoms with Gasteiger partial charge in [0.25, 0.3) is 0 Å². The molecule has 0 spiro atoms. The maximum atomic E-state index is 13.3. The number of aromatic nitrogens is 1. The van der Waals surface area contributed by atoms with Crippen LogP contribution in [-0.4, -0.2) is 50.6 Å². The lowest BCUT2D eigenvalue weighted by Gasteiger charge is -2.39. The lowest BCUT2D eigenvalue weighted by molar-refractivity contribution is 0.111. The summed E-state index contributed by atoms with van der Waals surface area (Å²) in [7, 11) is -1.90. The molecule has 2 aromatic rings. The summed E-state index contributed by atoms with van der Waals surface area (Å²) in [5.41, 5.74) is 6.15. The molecule has 1 aromatic carbocycles. The maximum Gasteiger partial charge on any atom is 0.243 e. The zero-order chi connectivity index (χ0) is 18.7. The Morgan fingerprint density at radius 1 is 1.38 bits per heavy atom. The molecular weight excluding hydrogens is 350 g/mol. The number of fused-ring (bicyclic) bond motifs is 1. The van der Waals surface area contributed by atoms with Crippen molar-refractivity contribution in [2.24, 2.45) is 17.6 Å². The molecule has 1 aliphatic rings. The summed E-state index contributed by atoms with van der Waals surface area (Å²) in [5, 5.41) is 1.54. The van der Waals surface area contributed by atoms with E-state index in [0.29, 0.717) is 35.9 Å². The topological polar surface area (TPSA) is 85.5 Å². The molecule has 26 heavy (non-hydrogen) atoms. The average molecular weight is 378 g/mol. The molecule has 0 saturated carbocycles. The van der Waals surface area contributed by atoms with Gasteiger partial charge in [0, 0.05) is 56.0 Å². The summed E-state index contributed by atoms with van der Waals surface area (Å²) in [6.07, 6.45) is 4.91. The van der Waals surface area contributed by atoms with E-state index in [2.05, 4.69) is 4.98 Å². The Hall–Kier alpha value is -1.54. The van der Waals surface area contributed by atoms with Crippen LogP contribution in [0.25, 0.3) is 10.8 Å². The van der Waals surface area contributed by atoms with Gasteiger partial charge in [0.2, 0.25) is 10.0 Å². The Kier molecular flexibility index (Phi) is 5.92. The van der Waals surface area contributed by atoms with Crippen molar-refractivity contribution >= 4 is 20.8 Å². The number of ether oxygens (including phenoxy) is 1. The molecule has 1 fully saturated rings. The molecule has 0 amide bonds. The van der Waals surface area contributed by atoms with Crippen LogP contribution in [0.1, 0.15) is 19.8 Å². The van der Waals surface area contributed by atoms with Gasteiger partial charge < -0.3 is 10.5 Å². The molecule has 142 valence electrons. The fraction of sp³-hybridized carbons (Fsp3) is 0.526. The van der Waals surface area contributed by atoms with Gasteiger partial charge in [0.1, 0.15) is 0 Å². The summed E-state index contributed by atoms with van der Waals surface area (Å²) < 4.78 is 33.5. The lowest BCUT2D eigenvalue weighted by Crippen LogP contribution is -2.48. The zero-order valence-electron chi connectivity index (χ0n) is 15.3. The van der Waals surface area contributed by atoms with Gasteiger partial charge in [-0.3, -0.25) is 4.98 Å². The number of benzene rings is 1. The number of methoxy groups -OCH3 is 1. The van der Waals surface area contributed by atoms with E-state index in [-0.39, 0.29) is 12.0 Å². The summed E-state index contributed by atoms with van der Waals surface area (Å²) in [4.78, 5) is 4.44. The predicted molar refractivity (Wildman–Crippen MR) is 102 cm³/mol. The molecule has 0 radical (unpaired) electrons. The summed E-state index contributed by atoms with van der Waals surface area (Å²) in [6, 6.07) is 7.14. The first-order valence-electron chi connectivity index (χ1n) is 9.02. The minimum Gasteiger partial charge on any atom is -0.385 e. The third-order valence-corrected chi connectivity index (χ3v) is 7.31. The van der Waals surface area contributed by atoms with Gasteiger partial charge >= 0.3 is 0 Å². The Bertz CT molecular complexity index is 849. The molecule has 3 rings (SSSR count). The molecule has 7 heteroatoms. The fourth-order valence-electron chi connectivity index (χ4n) is 3.96. The van der Waals surface area contributed by atoms with E-state index in [1.165, 1.54) is 0 Å². The zero-order valence-corrected chi connectivity index (χ0v) is 16.2. The number of pyridine rings is 1. The summed E-state index contributed by atoms with van der Waals surface area (Å²) >= 11 is 0. The lowest BCUT2D eigenvalue weighted by atomic mass is 9.80. The quantitative estimate of drug-likeness (QED) is 0.834. The van der Waals surface area contributed by atoms with Gasteiger partial charge in [-0.2, -0.15) is 4.31 Å². The van der Waals surface area contributed by atoms with Crippen LogP contribution in [0.2, 0.25) is 0 Å². The van der Waals surface area contributed by atoms with Crippen LogP contribution >= 0.6 is 0 Å². The second-order valence-corrected chi connectivity index (χ2v) is 8.98. The van der Waals surface area contributed by atoms with Crippen LogP contribution < -0.4 is 5.73 Å². The second-order valence-electron chi connectivity index (χ2n) is 7.07. The largest absolute Gasteiger partial charge is 0.385 e. The SMILES string of the molecule is COCCC1CN(S(=O)(=O)c2cccc3cnccc23)CCC1C(C)N. The van der Waals surface area contributed by atoms with Crippen LogP contribution in [0.5, 0.6) is 0 Å². The Balaban J connectivity index is 1.91. The van der Waals surface area contributed by atoms with Crippen LogP contribution in [0.4, 0.5) is 0 Å². The molecule has 1 aliphatic heterocycles. The molecule has 6 nitrogen and oxygen atoms in total. The van der Waals surface area contributed by atoms with Crippen molar-refractivity contribution in [2.75, 3.05) is 26.8 Å². The molecule has 0 bridgehead atoms. The molecule has 3 unspecified atom stereocenters. The molecular formula is C19H27N3O3S. The summed E-state index contributed by atoms with van der Waals surface area (Å²) in [6.45, 7) is 3.60. The Morgan fingerprint density at radius 3 is 2.92 bits per heavy atom. The summed E-state index contributed by atoms with van der Waals surface area (Å²) in [5.74, 6) is 0.517. The van der Waals surface area contributed by atoms with Gasteiger partial charge in [-0.05, 0) is 43.7 Å². The van der Waals surface area contributed by atoms with Crippen molar-refractivity contribution in [3.8, 4) is 0 Å². The molecule has 0 aliphatic carbocycles. The van der Waals surface area contributed by atoms with E-state index in [9.17, 15) is 8.42 Å². The predicted octanol–water partition coefficient (Wildman–Crippen LogP) is 2.25. The third kappa shape index (κ3) is 3.76. The van der Waals surface area contributed by atoms with Gasteiger partial charge in [0.05, 0.1) is 4.90 Å². The van der Waals surface area contributed by atoms with Gasteiger partial charge in [0.15, 0.2) is 0 Å². The Morgan fingerprint density at radius 2 is 2.19 bits per heavy atom. The van der Waals surface area contributed by atoms with Crippen LogP contribution in [-0.2, 0) is 14.8 Å². The van der Waals surface area contributed by atoms with E-state index in [4.69, 9.17) is 10.5 Å². The maximum absolute atomic E-state index is 13.3. The van der Waals surface area contributed by atoms with E-state index >= 15 is 0 Å². The van der Waals surface area contributed by atoms with E-state index in [0.717, 1.165) is 18.2 Å². The van der Waals surface area contributed by atoms with Crippen molar-refractivity contribution in [1.82, 2.24) is 9.29 Å². The van der Waals surface area contributed by atoms with E-state index in [1.807, 2.05) is 13.0 Å². The number of hydrogen-bond acceptors (Lipinski definition) is 5. The number of piperidine rings is 1. The van der Waals surface area contributed by atoms with Crippen molar-refractivity contribution in [1.29, 1.82) is 0 Å². The first kappa shape index (κ1) is 19.2. The van der Waals surface area contributed by atoms with E-state index < -0.39 is 10.0 Å². The van der Waals surface area contributed by atoms with Gasteiger partial charge in [-0.25, -0.2) is 8.42 Å². The highest BCUT2D eigenvalue weighted by atomic mass is 32.2. The number of nitrogens with two attached hydrogens (primary N) is 1. The highest BCUT2D eigenvalue weighted by Gasteiger charge is 2.37. The number of hydrogen-bond donors (Lipinski definition) is 1. The van der Waals surface area contributed by atoms with Crippen LogP contribution in [0, 0.1) is 11.8 Å². The van der Waals surface area contributed by atoms with Gasteiger partial charge in [-0.15, -0.1) is 0 Å². The number of nitrogens with zero attached hydrogens (tertiary/aromatic N) is 2. The van der Waals surface area contributed by atoms with E-state index in [1.54, 1.807) is 42.0 Å². The van der Waals surface area contributed by atoms with Crippen LogP contribution in [0.15, 0.2) is 41.6 Å². The van der Waals surface area contributed by atoms with Crippen molar-refractivity contribution in [3.63, 3.8) is 0 Å². The highest BCUT2D eigenvalue weighted by Crippen LogP contribution is 2.33. The van der Waals surface area contributed by atoms with Gasteiger partial charge in [-0.1, -0.05) is 12.1 Å².